The highest BCUT2D eigenvalue weighted by Crippen LogP contribution is 2.27. The number of ether oxygens (including phenoxy) is 1. The quantitative estimate of drug-likeness (QED) is 0.482. The smallest absolute Gasteiger partial charge is 0.338 e. The van der Waals surface area contributed by atoms with Gasteiger partial charge in [-0.15, -0.1) is 11.3 Å². The fraction of sp³-hybridized carbons (Fsp3) is 0.100. The molecule has 11 heteroatoms. The lowest BCUT2D eigenvalue weighted by Gasteiger charge is -2.14. The third-order valence-corrected chi connectivity index (χ3v) is 7.06. The van der Waals surface area contributed by atoms with Gasteiger partial charge in [0.05, 0.1) is 9.90 Å². The molecule has 1 aromatic heterocycles. The van der Waals surface area contributed by atoms with E-state index in [2.05, 4.69) is 10.0 Å². The van der Waals surface area contributed by atoms with Crippen molar-refractivity contribution in [2.24, 2.45) is 0 Å². The Morgan fingerprint density at radius 3 is 2.19 bits per heavy atom. The number of amides is 1. The summed E-state index contributed by atoms with van der Waals surface area (Å²) in [4.78, 5) is 24.4. The minimum atomic E-state index is -3.80. The molecule has 162 valence electrons. The lowest BCUT2D eigenvalue weighted by Crippen LogP contribution is -2.30. The lowest BCUT2D eigenvalue weighted by molar-refractivity contribution is -0.123. The molecule has 7 nitrogen and oxygen atoms in total. The molecule has 2 N–H and O–H groups in total. The topological polar surface area (TPSA) is 102 Å². The molecule has 0 aliphatic carbocycles. The average molecular weight is 483 g/mol. The van der Waals surface area contributed by atoms with Crippen LogP contribution in [-0.4, -0.2) is 26.4 Å². The van der Waals surface area contributed by atoms with Crippen molar-refractivity contribution in [1.29, 1.82) is 0 Å². The van der Waals surface area contributed by atoms with Gasteiger partial charge >= 0.3 is 5.97 Å². The summed E-state index contributed by atoms with van der Waals surface area (Å²) >= 11 is 6.69. The van der Waals surface area contributed by atoms with Crippen molar-refractivity contribution in [2.45, 2.75) is 17.2 Å². The maximum absolute atomic E-state index is 12.9. The predicted octanol–water partition coefficient (Wildman–Crippen LogP) is 4.53. The number of sulfonamides is 1. The van der Waals surface area contributed by atoms with Crippen molar-refractivity contribution in [2.75, 3.05) is 10.0 Å². The summed E-state index contributed by atoms with van der Waals surface area (Å²) in [5.74, 6) is -1.79. The molecule has 31 heavy (non-hydrogen) atoms. The van der Waals surface area contributed by atoms with Crippen LogP contribution in [0.25, 0.3) is 0 Å². The summed E-state index contributed by atoms with van der Waals surface area (Å²) in [6.45, 7) is 1.39. The summed E-state index contributed by atoms with van der Waals surface area (Å²) in [5.41, 5.74) is 0.727. The molecule has 0 radical (unpaired) electrons. The van der Waals surface area contributed by atoms with Crippen molar-refractivity contribution < 1.29 is 27.1 Å². The fourth-order valence-corrected chi connectivity index (χ4v) is 4.92. The number of anilines is 2. The molecule has 0 saturated heterocycles. The molecule has 0 bridgehead atoms. The SMILES string of the molecule is CC(OC(=O)c1ccc(NS(=O)(=O)c2ccc(Cl)s2)cc1)C(=O)Nc1ccc(F)cc1. The summed E-state index contributed by atoms with van der Waals surface area (Å²) in [6, 6.07) is 13.5. The van der Waals surface area contributed by atoms with Gasteiger partial charge < -0.3 is 10.1 Å². The molecule has 0 saturated carbocycles. The Balaban J connectivity index is 1.59. The van der Waals surface area contributed by atoms with Crippen LogP contribution in [0.4, 0.5) is 15.8 Å². The van der Waals surface area contributed by atoms with E-state index in [1.54, 1.807) is 0 Å². The second-order valence-electron chi connectivity index (χ2n) is 6.29. The molecule has 0 spiro atoms. The van der Waals surface area contributed by atoms with E-state index in [1.807, 2.05) is 0 Å². The molecule has 3 aromatic rings. The van der Waals surface area contributed by atoms with E-state index in [9.17, 15) is 22.4 Å². The zero-order valence-corrected chi connectivity index (χ0v) is 18.4. The van der Waals surface area contributed by atoms with Crippen molar-refractivity contribution in [1.82, 2.24) is 0 Å². The van der Waals surface area contributed by atoms with Crippen molar-refractivity contribution in [3.05, 3.63) is 76.4 Å². The van der Waals surface area contributed by atoms with Gasteiger partial charge in [-0.05, 0) is 67.6 Å². The number of hydrogen-bond acceptors (Lipinski definition) is 6. The second kappa shape index (κ2) is 9.46. The van der Waals surface area contributed by atoms with Crippen molar-refractivity contribution in [3.8, 4) is 0 Å². The van der Waals surface area contributed by atoms with Gasteiger partial charge in [0.1, 0.15) is 10.0 Å². The molecule has 3 rings (SSSR count). The molecule has 1 heterocycles. The van der Waals surface area contributed by atoms with E-state index in [1.165, 1.54) is 67.6 Å². The van der Waals surface area contributed by atoms with E-state index < -0.39 is 33.8 Å². The molecule has 1 atom stereocenters. The predicted molar refractivity (Wildman–Crippen MR) is 116 cm³/mol. The number of carbonyl (C=O) groups is 2. The first-order valence-electron chi connectivity index (χ1n) is 8.80. The lowest BCUT2D eigenvalue weighted by atomic mass is 10.2. The molecule has 2 aromatic carbocycles. The molecular formula is C20H16ClFN2O5S2. The Morgan fingerprint density at radius 2 is 1.61 bits per heavy atom. The van der Waals surface area contributed by atoms with E-state index in [-0.39, 0.29) is 15.5 Å². The van der Waals surface area contributed by atoms with E-state index in [4.69, 9.17) is 16.3 Å². The number of rotatable bonds is 7. The first-order valence-corrected chi connectivity index (χ1v) is 11.5. The Labute approximate surface area is 186 Å². The van der Waals surface area contributed by atoms with Crippen LogP contribution in [-0.2, 0) is 19.6 Å². The third-order valence-electron chi connectivity index (χ3n) is 3.95. The summed E-state index contributed by atoms with van der Waals surface area (Å²) in [7, 11) is -3.80. The van der Waals surface area contributed by atoms with Crippen molar-refractivity contribution >= 4 is 56.2 Å². The highest BCUT2D eigenvalue weighted by Gasteiger charge is 2.20. The first kappa shape index (κ1) is 22.7. The second-order valence-corrected chi connectivity index (χ2v) is 9.91. The van der Waals surface area contributed by atoms with Gasteiger partial charge in [-0.3, -0.25) is 9.52 Å². The monoisotopic (exact) mass is 482 g/mol. The largest absolute Gasteiger partial charge is 0.449 e. The first-order chi connectivity index (χ1) is 14.6. The maximum Gasteiger partial charge on any atom is 0.338 e. The zero-order chi connectivity index (χ0) is 22.6. The van der Waals surface area contributed by atoms with Crippen LogP contribution in [0.1, 0.15) is 17.3 Å². The van der Waals surface area contributed by atoms with Crippen LogP contribution in [0.2, 0.25) is 4.34 Å². The third kappa shape index (κ3) is 6.03. The Morgan fingerprint density at radius 1 is 1.00 bits per heavy atom. The number of halogens is 2. The number of hydrogen-bond donors (Lipinski definition) is 2. The Kier molecular flexibility index (Phi) is 6.94. The minimum absolute atomic E-state index is 0.0574. The molecular weight excluding hydrogens is 467 g/mol. The van der Waals surface area contributed by atoms with Gasteiger partial charge in [0.15, 0.2) is 6.10 Å². The van der Waals surface area contributed by atoms with Crippen LogP contribution >= 0.6 is 22.9 Å². The van der Waals surface area contributed by atoms with Gasteiger partial charge in [-0.25, -0.2) is 17.6 Å². The Hall–Kier alpha value is -2.95. The number of nitrogens with one attached hydrogen (secondary N) is 2. The van der Waals surface area contributed by atoms with Gasteiger partial charge in [0.2, 0.25) is 0 Å². The summed E-state index contributed by atoms with van der Waals surface area (Å²) in [5, 5.41) is 2.51. The van der Waals surface area contributed by atoms with Crippen LogP contribution in [0, 0.1) is 5.82 Å². The molecule has 1 unspecified atom stereocenters. The summed E-state index contributed by atoms with van der Waals surface area (Å²) in [6.07, 6.45) is -1.11. The van der Waals surface area contributed by atoms with Gasteiger partial charge in [-0.2, -0.15) is 0 Å². The molecule has 0 aliphatic rings. The van der Waals surface area contributed by atoms with E-state index in [0.29, 0.717) is 10.0 Å². The molecule has 1 amide bonds. The normalized spacial score (nSPS) is 12.1. The van der Waals surface area contributed by atoms with E-state index in [0.717, 1.165) is 11.3 Å². The highest BCUT2D eigenvalue weighted by molar-refractivity contribution is 7.94. The van der Waals surface area contributed by atoms with Gasteiger partial charge in [-0.1, -0.05) is 11.6 Å². The van der Waals surface area contributed by atoms with Crippen molar-refractivity contribution in [3.63, 3.8) is 0 Å². The minimum Gasteiger partial charge on any atom is -0.449 e. The van der Waals surface area contributed by atoms with Crippen LogP contribution in [0.15, 0.2) is 64.9 Å². The van der Waals surface area contributed by atoms with Crippen LogP contribution in [0.3, 0.4) is 0 Å². The van der Waals surface area contributed by atoms with Crippen LogP contribution in [0.5, 0.6) is 0 Å². The molecule has 0 fully saturated rings. The number of thiophene rings is 1. The maximum atomic E-state index is 12.9. The Bertz CT molecular complexity index is 1200. The van der Waals surface area contributed by atoms with Gasteiger partial charge in [0.25, 0.3) is 15.9 Å². The van der Waals surface area contributed by atoms with E-state index >= 15 is 0 Å². The summed E-state index contributed by atoms with van der Waals surface area (Å²) < 4.78 is 45.5. The standard InChI is InChI=1S/C20H16ClFN2O5S2/c1-12(19(25)23-15-8-4-14(22)5-9-15)29-20(26)13-2-6-16(7-3-13)24-31(27,28)18-11-10-17(21)30-18/h2-12,24H,1H3,(H,23,25). The number of carbonyl (C=O) groups excluding carboxylic acids is 2. The van der Waals surface area contributed by atoms with Gasteiger partial charge in [0, 0.05) is 11.4 Å². The highest BCUT2D eigenvalue weighted by atomic mass is 35.5. The average Bonchev–Trinajstić information content (AvgIpc) is 3.17. The van der Waals surface area contributed by atoms with Crippen LogP contribution < -0.4 is 10.0 Å². The number of benzene rings is 2. The number of esters is 1. The fourth-order valence-electron chi connectivity index (χ4n) is 2.38. The molecule has 0 aliphatic heterocycles. The zero-order valence-electron chi connectivity index (χ0n) is 16.0.